The molecule has 1 aliphatic rings. The molecule has 7 heteroatoms. The van der Waals surface area contributed by atoms with Gasteiger partial charge in [-0.1, -0.05) is 30.3 Å². The van der Waals surface area contributed by atoms with Crippen molar-refractivity contribution in [1.82, 2.24) is 3.97 Å². The quantitative estimate of drug-likeness (QED) is 0.390. The van der Waals surface area contributed by atoms with E-state index in [-0.39, 0.29) is 4.90 Å². The van der Waals surface area contributed by atoms with E-state index in [1.165, 1.54) is 16.2 Å². The minimum Gasteiger partial charge on any atom is -0.493 e. The number of methoxy groups -OCH3 is 1. The fourth-order valence-electron chi connectivity index (χ4n) is 4.03. The van der Waals surface area contributed by atoms with Crippen LogP contribution in [0.25, 0.3) is 11.3 Å². The molecular weight excluding hydrogens is 414 g/mol. The van der Waals surface area contributed by atoms with Crippen molar-refractivity contribution in [2.24, 2.45) is 0 Å². The molecule has 1 aromatic heterocycles. The van der Waals surface area contributed by atoms with Gasteiger partial charge in [0.2, 0.25) is 0 Å². The van der Waals surface area contributed by atoms with Crippen LogP contribution in [0.2, 0.25) is 0 Å². The van der Waals surface area contributed by atoms with Gasteiger partial charge in [0, 0.05) is 43.5 Å². The second-order valence-electron chi connectivity index (χ2n) is 7.51. The van der Waals surface area contributed by atoms with Crippen LogP contribution in [0.3, 0.4) is 0 Å². The Hall–Kier alpha value is -2.90. The molecule has 6 nitrogen and oxygen atoms in total. The molecule has 162 valence electrons. The molecule has 0 fully saturated rings. The van der Waals surface area contributed by atoms with E-state index in [0.717, 1.165) is 35.8 Å². The molecule has 0 atom stereocenters. The number of aldehydes is 1. The average Bonchev–Trinajstić information content (AvgIpc) is 3.06. The SMILES string of the molecule is COCCCOc1cccc(S(=O)(=O)n2cc(C=O)c3c2-c2ccccc2CCC3)c1. The van der Waals surface area contributed by atoms with Gasteiger partial charge in [0.15, 0.2) is 6.29 Å². The summed E-state index contributed by atoms with van der Waals surface area (Å²) in [4.78, 5) is 11.9. The predicted molar refractivity (Wildman–Crippen MR) is 118 cm³/mol. The molecule has 0 saturated carbocycles. The van der Waals surface area contributed by atoms with Gasteiger partial charge in [0.25, 0.3) is 10.0 Å². The van der Waals surface area contributed by atoms with Crippen molar-refractivity contribution >= 4 is 16.3 Å². The Kier molecular flexibility index (Phi) is 6.25. The van der Waals surface area contributed by atoms with Crippen LogP contribution in [0.5, 0.6) is 5.75 Å². The topological polar surface area (TPSA) is 74.6 Å². The van der Waals surface area contributed by atoms with E-state index in [0.29, 0.717) is 43.1 Å². The van der Waals surface area contributed by atoms with Gasteiger partial charge in [-0.2, -0.15) is 0 Å². The second kappa shape index (κ2) is 9.08. The lowest BCUT2D eigenvalue weighted by Gasteiger charge is -2.14. The highest BCUT2D eigenvalue weighted by Crippen LogP contribution is 2.37. The van der Waals surface area contributed by atoms with Crippen molar-refractivity contribution < 1.29 is 22.7 Å². The largest absolute Gasteiger partial charge is 0.493 e. The molecule has 1 heterocycles. The number of nitrogens with zero attached hydrogens (tertiary/aromatic N) is 1. The third kappa shape index (κ3) is 4.16. The summed E-state index contributed by atoms with van der Waals surface area (Å²) in [5, 5.41) is 0. The maximum absolute atomic E-state index is 13.7. The third-order valence-electron chi connectivity index (χ3n) is 5.51. The number of carbonyl (C=O) groups excluding carboxylic acids is 1. The highest BCUT2D eigenvalue weighted by molar-refractivity contribution is 7.90. The molecule has 0 spiro atoms. The van der Waals surface area contributed by atoms with E-state index < -0.39 is 10.0 Å². The molecule has 0 radical (unpaired) electrons. The number of aryl methyl sites for hydroxylation is 1. The molecule has 31 heavy (non-hydrogen) atoms. The van der Waals surface area contributed by atoms with Gasteiger partial charge in [0.05, 0.1) is 17.2 Å². The smallest absolute Gasteiger partial charge is 0.268 e. The Labute approximate surface area is 182 Å². The summed E-state index contributed by atoms with van der Waals surface area (Å²) < 4.78 is 39.3. The first kappa shape index (κ1) is 21.3. The van der Waals surface area contributed by atoms with Gasteiger partial charge < -0.3 is 9.47 Å². The minimum absolute atomic E-state index is 0.119. The molecule has 4 rings (SSSR count). The first-order chi connectivity index (χ1) is 15.1. The Morgan fingerprint density at radius 2 is 1.90 bits per heavy atom. The van der Waals surface area contributed by atoms with Gasteiger partial charge in [0.1, 0.15) is 5.75 Å². The lowest BCUT2D eigenvalue weighted by Crippen LogP contribution is -2.14. The van der Waals surface area contributed by atoms with Crippen LogP contribution in [0.1, 0.15) is 34.3 Å². The number of ether oxygens (including phenoxy) is 2. The van der Waals surface area contributed by atoms with Gasteiger partial charge in [-0.25, -0.2) is 12.4 Å². The van der Waals surface area contributed by atoms with Crippen molar-refractivity contribution in [3.05, 3.63) is 71.4 Å². The Bertz CT molecular complexity index is 1200. The summed E-state index contributed by atoms with van der Waals surface area (Å²) in [6, 6.07) is 14.3. The van der Waals surface area contributed by atoms with E-state index in [1.807, 2.05) is 24.3 Å². The van der Waals surface area contributed by atoms with Crippen LogP contribution in [-0.4, -0.2) is 39.0 Å². The monoisotopic (exact) mass is 439 g/mol. The summed E-state index contributed by atoms with van der Waals surface area (Å²) in [6.45, 7) is 1.00. The van der Waals surface area contributed by atoms with Crippen LogP contribution in [0.15, 0.2) is 59.6 Å². The lowest BCUT2D eigenvalue weighted by atomic mass is 10.0. The number of fused-ring (bicyclic) bond motifs is 3. The van der Waals surface area contributed by atoms with Crippen LogP contribution in [-0.2, 0) is 27.6 Å². The summed E-state index contributed by atoms with van der Waals surface area (Å²) in [5.74, 6) is 0.478. The van der Waals surface area contributed by atoms with E-state index in [1.54, 1.807) is 25.3 Å². The van der Waals surface area contributed by atoms with Crippen LogP contribution < -0.4 is 4.74 Å². The molecule has 0 saturated heterocycles. The molecule has 2 aromatic carbocycles. The highest BCUT2D eigenvalue weighted by Gasteiger charge is 2.28. The average molecular weight is 440 g/mol. The van der Waals surface area contributed by atoms with E-state index in [9.17, 15) is 13.2 Å². The first-order valence-electron chi connectivity index (χ1n) is 10.3. The van der Waals surface area contributed by atoms with Gasteiger partial charge in [-0.15, -0.1) is 0 Å². The zero-order valence-corrected chi connectivity index (χ0v) is 18.2. The van der Waals surface area contributed by atoms with Crippen LogP contribution in [0, 0.1) is 0 Å². The molecule has 0 amide bonds. The van der Waals surface area contributed by atoms with Crippen molar-refractivity contribution in [2.75, 3.05) is 20.3 Å². The van der Waals surface area contributed by atoms with Crippen LogP contribution in [0.4, 0.5) is 0 Å². The predicted octanol–water partition coefficient (Wildman–Crippen LogP) is 4.11. The van der Waals surface area contributed by atoms with E-state index in [2.05, 4.69) is 0 Å². The third-order valence-corrected chi connectivity index (χ3v) is 7.16. The maximum atomic E-state index is 13.7. The van der Waals surface area contributed by atoms with Crippen LogP contribution >= 0.6 is 0 Å². The standard InChI is InChI=1S/C24H25NO5S/c1-29-13-6-14-30-20-9-5-10-21(15-20)31(27,28)25-16-19(17-26)23-12-4-8-18-7-2-3-11-22(18)24(23)25/h2-3,5,7,9-11,15-17H,4,6,8,12-14H2,1H3. The van der Waals surface area contributed by atoms with E-state index >= 15 is 0 Å². The van der Waals surface area contributed by atoms with Crippen molar-refractivity contribution in [3.8, 4) is 17.0 Å². The highest BCUT2D eigenvalue weighted by atomic mass is 32.2. The number of aromatic nitrogens is 1. The summed E-state index contributed by atoms with van der Waals surface area (Å²) in [5.41, 5.74) is 3.74. The zero-order valence-electron chi connectivity index (χ0n) is 17.4. The minimum atomic E-state index is -3.93. The molecule has 0 N–H and O–H groups in total. The maximum Gasteiger partial charge on any atom is 0.268 e. The van der Waals surface area contributed by atoms with Gasteiger partial charge in [-0.3, -0.25) is 4.79 Å². The molecule has 0 aliphatic heterocycles. The number of rotatable bonds is 8. The fraction of sp³-hybridized carbons (Fsp3) is 0.292. The molecule has 3 aromatic rings. The lowest BCUT2D eigenvalue weighted by molar-refractivity contribution is 0.112. The Morgan fingerprint density at radius 1 is 1.06 bits per heavy atom. The fourth-order valence-corrected chi connectivity index (χ4v) is 5.47. The summed E-state index contributed by atoms with van der Waals surface area (Å²) >= 11 is 0. The molecule has 0 unspecified atom stereocenters. The number of carbonyl (C=O) groups is 1. The van der Waals surface area contributed by atoms with Gasteiger partial charge >= 0.3 is 0 Å². The number of hydrogen-bond acceptors (Lipinski definition) is 5. The van der Waals surface area contributed by atoms with Crippen molar-refractivity contribution in [1.29, 1.82) is 0 Å². The zero-order chi connectivity index (χ0) is 21.8. The molecule has 0 bridgehead atoms. The normalized spacial score (nSPS) is 13.2. The Morgan fingerprint density at radius 3 is 2.71 bits per heavy atom. The molecule has 1 aliphatic carbocycles. The molecular formula is C24H25NO5S. The summed E-state index contributed by atoms with van der Waals surface area (Å²) in [6.07, 6.45) is 5.25. The van der Waals surface area contributed by atoms with Crippen molar-refractivity contribution in [3.63, 3.8) is 0 Å². The number of benzene rings is 2. The second-order valence-corrected chi connectivity index (χ2v) is 9.33. The summed E-state index contributed by atoms with van der Waals surface area (Å²) in [7, 11) is -2.31. The van der Waals surface area contributed by atoms with Crippen molar-refractivity contribution in [2.45, 2.75) is 30.6 Å². The van der Waals surface area contributed by atoms with E-state index in [4.69, 9.17) is 9.47 Å². The number of hydrogen-bond donors (Lipinski definition) is 0. The van der Waals surface area contributed by atoms with Gasteiger partial charge in [-0.05, 0) is 42.5 Å². The first-order valence-corrected chi connectivity index (χ1v) is 11.8. The Balaban J connectivity index is 1.79.